The van der Waals surface area contributed by atoms with Crippen LogP contribution in [0.5, 0.6) is 5.75 Å². The van der Waals surface area contributed by atoms with E-state index in [0.29, 0.717) is 6.61 Å². The second-order valence-corrected chi connectivity index (χ2v) is 3.38. The average molecular weight is 188 g/mol. The predicted molar refractivity (Wildman–Crippen MR) is 55.5 cm³/mol. The highest BCUT2D eigenvalue weighted by atomic mass is 16.5. The van der Waals surface area contributed by atoms with Crippen molar-refractivity contribution in [3.05, 3.63) is 35.9 Å². The number of carbonyl (C=O) groups is 1. The SMILES string of the molecule is C=Cc1ccc2c(c1)C(C=O)CCO2. The number of carbonyl (C=O) groups excluding carboxylic acids is 1. The molecule has 1 aliphatic rings. The fraction of sp³-hybridized carbons (Fsp3) is 0.250. The lowest BCUT2D eigenvalue weighted by atomic mass is 9.93. The minimum absolute atomic E-state index is 0.0151. The summed E-state index contributed by atoms with van der Waals surface area (Å²) in [5, 5.41) is 0. The van der Waals surface area contributed by atoms with E-state index >= 15 is 0 Å². The van der Waals surface area contributed by atoms with Crippen molar-refractivity contribution in [1.82, 2.24) is 0 Å². The molecular formula is C12H12O2. The fourth-order valence-electron chi connectivity index (χ4n) is 1.71. The van der Waals surface area contributed by atoms with Crippen molar-refractivity contribution in [3.63, 3.8) is 0 Å². The van der Waals surface area contributed by atoms with Gasteiger partial charge in [0.2, 0.25) is 0 Å². The van der Waals surface area contributed by atoms with Crippen molar-refractivity contribution in [3.8, 4) is 5.75 Å². The van der Waals surface area contributed by atoms with Gasteiger partial charge in [0.1, 0.15) is 12.0 Å². The molecule has 2 heteroatoms. The zero-order valence-corrected chi connectivity index (χ0v) is 7.90. The number of hydrogen-bond donors (Lipinski definition) is 0. The van der Waals surface area contributed by atoms with Gasteiger partial charge in [-0.3, -0.25) is 0 Å². The molecule has 1 aromatic carbocycles. The van der Waals surface area contributed by atoms with Gasteiger partial charge in [-0.05, 0) is 24.1 Å². The number of aldehydes is 1. The third kappa shape index (κ3) is 1.43. The van der Waals surface area contributed by atoms with Crippen LogP contribution < -0.4 is 4.74 Å². The Labute approximate surface area is 83.2 Å². The van der Waals surface area contributed by atoms with Crippen LogP contribution in [-0.2, 0) is 4.79 Å². The van der Waals surface area contributed by atoms with Crippen LogP contribution in [0.25, 0.3) is 6.08 Å². The van der Waals surface area contributed by atoms with Gasteiger partial charge in [-0.1, -0.05) is 18.7 Å². The molecule has 0 saturated heterocycles. The number of hydrogen-bond acceptors (Lipinski definition) is 2. The molecule has 14 heavy (non-hydrogen) atoms. The van der Waals surface area contributed by atoms with Crippen molar-refractivity contribution < 1.29 is 9.53 Å². The van der Waals surface area contributed by atoms with Crippen LogP contribution in [0.15, 0.2) is 24.8 Å². The molecule has 0 spiro atoms. The van der Waals surface area contributed by atoms with Gasteiger partial charge in [-0.2, -0.15) is 0 Å². The Morgan fingerprint density at radius 3 is 3.07 bits per heavy atom. The van der Waals surface area contributed by atoms with Crippen LogP contribution in [0.3, 0.4) is 0 Å². The molecule has 0 radical (unpaired) electrons. The molecule has 2 nitrogen and oxygen atoms in total. The maximum Gasteiger partial charge on any atom is 0.127 e. The maximum atomic E-state index is 10.8. The van der Waals surface area contributed by atoms with Gasteiger partial charge in [0.25, 0.3) is 0 Å². The van der Waals surface area contributed by atoms with Crippen LogP contribution in [0.2, 0.25) is 0 Å². The van der Waals surface area contributed by atoms with E-state index in [4.69, 9.17) is 4.74 Å². The van der Waals surface area contributed by atoms with Gasteiger partial charge < -0.3 is 9.53 Å². The summed E-state index contributed by atoms with van der Waals surface area (Å²) in [5.74, 6) is 0.817. The zero-order chi connectivity index (χ0) is 9.97. The van der Waals surface area contributed by atoms with E-state index in [0.717, 1.165) is 29.6 Å². The Hall–Kier alpha value is -1.57. The van der Waals surface area contributed by atoms with E-state index in [1.165, 1.54) is 0 Å². The van der Waals surface area contributed by atoms with Crippen LogP contribution >= 0.6 is 0 Å². The van der Waals surface area contributed by atoms with Crippen LogP contribution in [0, 0.1) is 0 Å². The smallest absolute Gasteiger partial charge is 0.127 e. The molecule has 0 N–H and O–H groups in total. The quantitative estimate of drug-likeness (QED) is 0.666. The molecule has 0 saturated carbocycles. The molecule has 1 unspecified atom stereocenters. The largest absolute Gasteiger partial charge is 0.493 e. The van der Waals surface area contributed by atoms with Gasteiger partial charge >= 0.3 is 0 Å². The first-order valence-corrected chi connectivity index (χ1v) is 4.69. The number of ether oxygens (including phenoxy) is 1. The highest BCUT2D eigenvalue weighted by molar-refractivity contribution is 5.67. The minimum Gasteiger partial charge on any atom is -0.493 e. The summed E-state index contributed by atoms with van der Waals surface area (Å²) in [4.78, 5) is 10.8. The second kappa shape index (κ2) is 3.66. The number of benzene rings is 1. The normalized spacial score (nSPS) is 19.3. The van der Waals surface area contributed by atoms with Gasteiger partial charge in [0, 0.05) is 11.5 Å². The lowest BCUT2D eigenvalue weighted by molar-refractivity contribution is -0.109. The Balaban J connectivity index is 2.47. The standard InChI is InChI=1S/C12H12O2/c1-2-9-3-4-12-11(7-9)10(8-13)5-6-14-12/h2-4,7-8,10H,1,5-6H2. The third-order valence-corrected chi connectivity index (χ3v) is 2.52. The molecule has 0 amide bonds. The first kappa shape index (κ1) is 9.00. The van der Waals surface area contributed by atoms with Gasteiger partial charge in [-0.25, -0.2) is 0 Å². The van der Waals surface area contributed by atoms with E-state index in [2.05, 4.69) is 6.58 Å². The highest BCUT2D eigenvalue weighted by Gasteiger charge is 2.20. The maximum absolute atomic E-state index is 10.8. The Kier molecular flexibility index (Phi) is 2.35. The molecule has 2 rings (SSSR count). The second-order valence-electron chi connectivity index (χ2n) is 3.38. The summed E-state index contributed by atoms with van der Waals surface area (Å²) in [6.07, 6.45) is 3.54. The summed E-state index contributed by atoms with van der Waals surface area (Å²) in [5.41, 5.74) is 2.02. The molecule has 1 aromatic rings. The lowest BCUT2D eigenvalue weighted by Gasteiger charge is -2.22. The molecule has 0 aliphatic carbocycles. The van der Waals surface area contributed by atoms with Crippen LogP contribution in [0.4, 0.5) is 0 Å². The summed E-state index contributed by atoms with van der Waals surface area (Å²) in [6, 6.07) is 5.82. The molecule has 0 aromatic heterocycles. The Morgan fingerprint density at radius 1 is 1.50 bits per heavy atom. The van der Waals surface area contributed by atoms with E-state index < -0.39 is 0 Å². The van der Waals surface area contributed by atoms with Crippen molar-refractivity contribution in [2.45, 2.75) is 12.3 Å². The zero-order valence-electron chi connectivity index (χ0n) is 7.90. The van der Waals surface area contributed by atoms with Gasteiger partial charge in [0.15, 0.2) is 0 Å². The Morgan fingerprint density at radius 2 is 2.36 bits per heavy atom. The summed E-state index contributed by atoms with van der Waals surface area (Å²) in [6.45, 7) is 4.33. The van der Waals surface area contributed by atoms with Crippen molar-refractivity contribution >= 4 is 12.4 Å². The molecule has 72 valence electrons. The van der Waals surface area contributed by atoms with Crippen LogP contribution in [0.1, 0.15) is 23.5 Å². The fourth-order valence-corrected chi connectivity index (χ4v) is 1.71. The van der Waals surface area contributed by atoms with E-state index in [1.54, 1.807) is 6.08 Å². The summed E-state index contributed by atoms with van der Waals surface area (Å²) in [7, 11) is 0. The lowest BCUT2D eigenvalue weighted by Crippen LogP contribution is -2.15. The third-order valence-electron chi connectivity index (χ3n) is 2.52. The predicted octanol–water partition coefficient (Wildman–Crippen LogP) is 2.39. The van der Waals surface area contributed by atoms with Crippen molar-refractivity contribution in [1.29, 1.82) is 0 Å². The Bertz CT molecular complexity index is 369. The highest BCUT2D eigenvalue weighted by Crippen LogP contribution is 2.33. The molecule has 1 atom stereocenters. The molecular weight excluding hydrogens is 176 g/mol. The summed E-state index contributed by atoms with van der Waals surface area (Å²) >= 11 is 0. The average Bonchev–Trinajstić information content (AvgIpc) is 2.27. The minimum atomic E-state index is -0.0151. The van der Waals surface area contributed by atoms with Crippen molar-refractivity contribution in [2.75, 3.05) is 6.61 Å². The van der Waals surface area contributed by atoms with Crippen LogP contribution in [-0.4, -0.2) is 12.9 Å². The van der Waals surface area contributed by atoms with E-state index in [9.17, 15) is 4.79 Å². The number of fused-ring (bicyclic) bond motifs is 1. The molecule has 0 fully saturated rings. The van der Waals surface area contributed by atoms with E-state index in [1.807, 2.05) is 18.2 Å². The van der Waals surface area contributed by atoms with Gasteiger partial charge in [0.05, 0.1) is 6.61 Å². The van der Waals surface area contributed by atoms with Gasteiger partial charge in [-0.15, -0.1) is 0 Å². The molecule has 1 heterocycles. The number of rotatable bonds is 2. The molecule has 0 bridgehead atoms. The monoisotopic (exact) mass is 188 g/mol. The van der Waals surface area contributed by atoms with E-state index in [-0.39, 0.29) is 5.92 Å². The summed E-state index contributed by atoms with van der Waals surface area (Å²) < 4.78 is 5.46. The first-order valence-electron chi connectivity index (χ1n) is 4.69. The van der Waals surface area contributed by atoms with Crippen molar-refractivity contribution in [2.24, 2.45) is 0 Å². The topological polar surface area (TPSA) is 26.3 Å². The molecule has 1 aliphatic heterocycles. The first-order chi connectivity index (χ1) is 6.85.